The molecule has 0 bridgehead atoms. The van der Waals surface area contributed by atoms with Gasteiger partial charge in [0.25, 0.3) is 5.91 Å². The molecule has 0 unspecified atom stereocenters. The van der Waals surface area contributed by atoms with Crippen LogP contribution in [0.25, 0.3) is 0 Å². The van der Waals surface area contributed by atoms with Crippen molar-refractivity contribution in [1.82, 2.24) is 10.2 Å². The minimum atomic E-state index is -0.780. The van der Waals surface area contributed by atoms with Crippen molar-refractivity contribution < 1.29 is 18.7 Å². The Hall–Kier alpha value is -3.19. The lowest BCUT2D eigenvalue weighted by Gasteiger charge is -2.32. The van der Waals surface area contributed by atoms with Gasteiger partial charge in [0.15, 0.2) is 6.61 Å². The summed E-state index contributed by atoms with van der Waals surface area (Å²) in [7, 11) is 0. The van der Waals surface area contributed by atoms with E-state index in [2.05, 4.69) is 35.1 Å². The van der Waals surface area contributed by atoms with Gasteiger partial charge < -0.3 is 15.0 Å². The second-order valence-electron chi connectivity index (χ2n) is 9.65. The minimum absolute atomic E-state index is 0.0970. The molecule has 3 rings (SSSR count). The van der Waals surface area contributed by atoms with E-state index in [1.807, 2.05) is 62.4 Å². The first-order valence-electron chi connectivity index (χ1n) is 12.4. The van der Waals surface area contributed by atoms with Crippen molar-refractivity contribution in [2.45, 2.75) is 58.7 Å². The van der Waals surface area contributed by atoms with Gasteiger partial charge in [0.1, 0.15) is 17.6 Å². The summed E-state index contributed by atoms with van der Waals surface area (Å²) in [5.74, 6) is -0.0547. The second kappa shape index (κ2) is 13.4. The molecule has 1 N–H and O–H groups in total. The van der Waals surface area contributed by atoms with E-state index in [1.165, 1.54) is 17.0 Å². The van der Waals surface area contributed by atoms with E-state index in [1.54, 1.807) is 12.1 Å². The monoisotopic (exact) mass is 568 g/mol. The van der Waals surface area contributed by atoms with Crippen LogP contribution in [-0.2, 0) is 22.6 Å². The normalized spacial score (nSPS) is 11.9. The van der Waals surface area contributed by atoms with Gasteiger partial charge in [0.2, 0.25) is 5.91 Å². The first kappa shape index (κ1) is 28.4. The molecule has 196 valence electrons. The van der Waals surface area contributed by atoms with Crippen molar-refractivity contribution in [3.05, 3.63) is 99.8 Å². The average Bonchev–Trinajstić information content (AvgIpc) is 2.86. The van der Waals surface area contributed by atoms with Crippen molar-refractivity contribution in [3.8, 4) is 5.75 Å². The molecule has 0 fully saturated rings. The third kappa shape index (κ3) is 8.42. The summed E-state index contributed by atoms with van der Waals surface area (Å²) in [6, 6.07) is 20.4. The van der Waals surface area contributed by atoms with Crippen LogP contribution in [0.15, 0.2) is 77.3 Å². The Morgan fingerprint density at radius 1 is 0.946 bits per heavy atom. The fourth-order valence-corrected chi connectivity index (χ4v) is 4.45. The Bertz CT molecular complexity index is 1180. The van der Waals surface area contributed by atoms with E-state index in [0.29, 0.717) is 23.7 Å². The molecule has 2 amide bonds. The molecule has 0 radical (unpaired) electrons. The SMILES string of the molecule is CC(C)NC(=O)[C@@H](Cc1ccccc1)N(Cc1ccc(F)cc1)C(=O)COc1ccc(C(C)C)cc1Br. The van der Waals surface area contributed by atoms with Crippen molar-refractivity contribution in [2.75, 3.05) is 6.61 Å². The molecule has 0 spiro atoms. The number of rotatable bonds is 11. The Morgan fingerprint density at radius 2 is 1.62 bits per heavy atom. The lowest BCUT2D eigenvalue weighted by atomic mass is 10.0. The van der Waals surface area contributed by atoms with E-state index in [9.17, 15) is 14.0 Å². The zero-order valence-electron chi connectivity index (χ0n) is 21.7. The highest BCUT2D eigenvalue weighted by molar-refractivity contribution is 9.10. The van der Waals surface area contributed by atoms with Gasteiger partial charge in [-0.25, -0.2) is 4.39 Å². The topological polar surface area (TPSA) is 58.6 Å². The third-order valence-electron chi connectivity index (χ3n) is 5.94. The summed E-state index contributed by atoms with van der Waals surface area (Å²) >= 11 is 3.54. The van der Waals surface area contributed by atoms with Gasteiger partial charge in [-0.1, -0.05) is 62.4 Å². The van der Waals surface area contributed by atoms with Crippen LogP contribution in [0.1, 0.15) is 50.3 Å². The van der Waals surface area contributed by atoms with Gasteiger partial charge >= 0.3 is 0 Å². The molecule has 3 aromatic carbocycles. The van der Waals surface area contributed by atoms with Crippen LogP contribution in [0.2, 0.25) is 0 Å². The predicted octanol–water partition coefficient (Wildman–Crippen LogP) is 6.26. The van der Waals surface area contributed by atoms with Crippen molar-refractivity contribution in [1.29, 1.82) is 0 Å². The van der Waals surface area contributed by atoms with Gasteiger partial charge in [-0.15, -0.1) is 0 Å². The largest absolute Gasteiger partial charge is 0.483 e. The van der Waals surface area contributed by atoms with Crippen LogP contribution in [0, 0.1) is 5.82 Å². The number of nitrogens with one attached hydrogen (secondary N) is 1. The van der Waals surface area contributed by atoms with E-state index in [4.69, 9.17) is 4.74 Å². The summed E-state index contributed by atoms with van der Waals surface area (Å²) in [6.45, 7) is 7.86. The molecule has 0 saturated heterocycles. The lowest BCUT2D eigenvalue weighted by Crippen LogP contribution is -2.52. The molecule has 7 heteroatoms. The first-order valence-corrected chi connectivity index (χ1v) is 13.2. The van der Waals surface area contributed by atoms with Crippen molar-refractivity contribution in [3.63, 3.8) is 0 Å². The number of amides is 2. The van der Waals surface area contributed by atoms with Crippen LogP contribution in [0.5, 0.6) is 5.75 Å². The Labute approximate surface area is 227 Å². The van der Waals surface area contributed by atoms with Crippen LogP contribution < -0.4 is 10.1 Å². The third-order valence-corrected chi connectivity index (χ3v) is 6.56. The summed E-state index contributed by atoms with van der Waals surface area (Å²) in [5, 5.41) is 2.95. The van der Waals surface area contributed by atoms with Crippen molar-refractivity contribution in [2.24, 2.45) is 0 Å². The summed E-state index contributed by atoms with van der Waals surface area (Å²) in [5.41, 5.74) is 2.79. The highest BCUT2D eigenvalue weighted by Gasteiger charge is 2.31. The number of hydrogen-bond donors (Lipinski definition) is 1. The van der Waals surface area contributed by atoms with Crippen LogP contribution in [0.4, 0.5) is 4.39 Å². The average molecular weight is 570 g/mol. The van der Waals surface area contributed by atoms with Gasteiger partial charge in [0.05, 0.1) is 4.47 Å². The summed E-state index contributed by atoms with van der Waals surface area (Å²) in [6.07, 6.45) is 0.332. The number of ether oxygens (including phenoxy) is 1. The maximum atomic E-state index is 13.6. The Morgan fingerprint density at radius 3 is 2.22 bits per heavy atom. The molecular formula is C30H34BrFN2O3. The molecule has 0 heterocycles. The fourth-order valence-electron chi connectivity index (χ4n) is 3.94. The van der Waals surface area contributed by atoms with Gasteiger partial charge in [-0.3, -0.25) is 9.59 Å². The molecule has 0 aliphatic heterocycles. The molecule has 37 heavy (non-hydrogen) atoms. The number of halogens is 2. The highest BCUT2D eigenvalue weighted by atomic mass is 79.9. The highest BCUT2D eigenvalue weighted by Crippen LogP contribution is 2.29. The molecule has 0 aliphatic rings. The molecular weight excluding hydrogens is 535 g/mol. The molecule has 1 atom stereocenters. The molecule has 0 aromatic heterocycles. The summed E-state index contributed by atoms with van der Waals surface area (Å²) in [4.78, 5) is 28.5. The first-order chi connectivity index (χ1) is 17.6. The molecule has 0 aliphatic carbocycles. The van der Waals surface area contributed by atoms with E-state index < -0.39 is 6.04 Å². The van der Waals surface area contributed by atoms with E-state index in [-0.39, 0.29) is 36.8 Å². The summed E-state index contributed by atoms with van der Waals surface area (Å²) < 4.78 is 20.2. The Kier molecular flexibility index (Phi) is 10.3. The van der Waals surface area contributed by atoms with Gasteiger partial charge in [-0.05, 0) is 76.7 Å². The predicted molar refractivity (Wildman–Crippen MR) is 148 cm³/mol. The van der Waals surface area contributed by atoms with Gasteiger partial charge in [0, 0.05) is 19.0 Å². The van der Waals surface area contributed by atoms with E-state index in [0.717, 1.165) is 15.6 Å². The van der Waals surface area contributed by atoms with E-state index >= 15 is 0 Å². The fraction of sp³-hybridized carbons (Fsp3) is 0.333. The molecule has 5 nitrogen and oxygen atoms in total. The van der Waals surface area contributed by atoms with Crippen LogP contribution in [-0.4, -0.2) is 35.4 Å². The van der Waals surface area contributed by atoms with Crippen molar-refractivity contribution >= 4 is 27.7 Å². The zero-order chi connectivity index (χ0) is 26.9. The minimum Gasteiger partial charge on any atom is -0.483 e. The number of benzene rings is 3. The maximum absolute atomic E-state index is 13.6. The standard InChI is InChI=1S/C30H34BrFN2O3/c1-20(2)24-12-15-28(26(31)17-24)37-19-29(35)34(18-23-10-13-25(32)14-11-23)27(30(36)33-21(3)4)16-22-8-6-5-7-9-22/h5-15,17,20-21,27H,16,18-19H2,1-4H3,(H,33,36)/t27-/m1/s1. The maximum Gasteiger partial charge on any atom is 0.261 e. The number of nitrogens with zero attached hydrogens (tertiary/aromatic N) is 1. The van der Waals surface area contributed by atoms with Crippen LogP contribution in [0.3, 0.4) is 0 Å². The molecule has 3 aromatic rings. The number of carbonyl (C=O) groups excluding carboxylic acids is 2. The number of carbonyl (C=O) groups is 2. The van der Waals surface area contributed by atoms with Gasteiger partial charge in [-0.2, -0.15) is 0 Å². The zero-order valence-corrected chi connectivity index (χ0v) is 23.3. The van der Waals surface area contributed by atoms with Crippen LogP contribution >= 0.6 is 15.9 Å². The number of hydrogen-bond acceptors (Lipinski definition) is 3. The molecule has 0 saturated carbocycles. The smallest absolute Gasteiger partial charge is 0.261 e. The quantitative estimate of drug-likeness (QED) is 0.297. The Balaban J connectivity index is 1.90. The lowest BCUT2D eigenvalue weighted by molar-refractivity contribution is -0.143. The second-order valence-corrected chi connectivity index (χ2v) is 10.5.